The monoisotopic (exact) mass is 454 g/mol. The molecule has 152 valence electrons. The number of nitrogens with zero attached hydrogens (tertiary/aromatic N) is 3. The molecule has 1 N–H and O–H groups in total. The van der Waals surface area contributed by atoms with Gasteiger partial charge >= 0.3 is 5.97 Å². The zero-order valence-corrected chi connectivity index (χ0v) is 18.1. The number of carbonyl (C=O) groups is 2. The van der Waals surface area contributed by atoms with E-state index in [1.54, 1.807) is 13.0 Å². The van der Waals surface area contributed by atoms with Crippen LogP contribution in [0.5, 0.6) is 0 Å². The molecule has 0 radical (unpaired) electrons. The van der Waals surface area contributed by atoms with E-state index in [0.29, 0.717) is 5.82 Å². The van der Waals surface area contributed by atoms with Crippen LogP contribution in [0.3, 0.4) is 0 Å². The number of rotatable bonds is 4. The topological polar surface area (TPSA) is 86.1 Å². The van der Waals surface area contributed by atoms with Crippen molar-refractivity contribution in [2.45, 2.75) is 24.6 Å². The van der Waals surface area contributed by atoms with E-state index in [1.807, 2.05) is 32.0 Å². The summed E-state index contributed by atoms with van der Waals surface area (Å²) in [5.41, 5.74) is 2.70. The van der Waals surface area contributed by atoms with Crippen LogP contribution in [-0.2, 0) is 9.53 Å². The van der Waals surface area contributed by atoms with Crippen LogP contribution in [0.25, 0.3) is 16.7 Å². The molecule has 0 unspecified atom stereocenters. The van der Waals surface area contributed by atoms with Crippen LogP contribution in [0, 0.1) is 13.8 Å². The molecule has 10 heteroatoms. The third-order valence-electron chi connectivity index (χ3n) is 4.21. The maximum atomic E-state index is 12.3. The number of benzene rings is 1. The number of alkyl halides is 3. The van der Waals surface area contributed by atoms with Crippen molar-refractivity contribution in [1.29, 1.82) is 0 Å². The lowest BCUT2D eigenvalue weighted by Gasteiger charge is -2.15. The predicted octanol–water partition coefficient (Wildman–Crippen LogP) is 4.52. The summed E-state index contributed by atoms with van der Waals surface area (Å²) in [7, 11) is 0. The van der Waals surface area contributed by atoms with E-state index in [1.165, 1.54) is 10.9 Å². The van der Waals surface area contributed by atoms with Gasteiger partial charge in [0.2, 0.25) is 0 Å². The zero-order chi connectivity index (χ0) is 21.3. The molecule has 2 heterocycles. The summed E-state index contributed by atoms with van der Waals surface area (Å²) in [5.74, 6) is -1.23. The van der Waals surface area contributed by atoms with E-state index in [2.05, 4.69) is 15.4 Å². The van der Waals surface area contributed by atoms with Crippen molar-refractivity contribution in [3.8, 4) is 5.82 Å². The fourth-order valence-electron chi connectivity index (χ4n) is 2.83. The Morgan fingerprint density at radius 3 is 2.59 bits per heavy atom. The minimum absolute atomic E-state index is 0.000362. The number of carbonyl (C=O) groups excluding carboxylic acids is 2. The second-order valence-electron chi connectivity index (χ2n) is 6.26. The summed E-state index contributed by atoms with van der Waals surface area (Å²) in [4.78, 5) is 29.2. The number of halogens is 3. The van der Waals surface area contributed by atoms with Crippen molar-refractivity contribution < 1.29 is 14.3 Å². The average molecular weight is 456 g/mol. The molecule has 1 amide bonds. The van der Waals surface area contributed by atoms with E-state index in [4.69, 9.17) is 39.5 Å². The molecule has 0 aliphatic carbocycles. The predicted molar refractivity (Wildman–Crippen MR) is 113 cm³/mol. The molecule has 7 nitrogen and oxygen atoms in total. The zero-order valence-electron chi connectivity index (χ0n) is 15.8. The highest BCUT2D eigenvalue weighted by atomic mass is 35.6. The number of ether oxygens (including phenoxy) is 1. The SMILES string of the molecule is CCOC(=O)c1cnn(-c2cc(C)c3cccc(C)c3n2)c1NC(=O)C(Cl)(Cl)Cl. The van der Waals surface area contributed by atoms with Gasteiger partial charge in [0.05, 0.1) is 18.3 Å². The van der Waals surface area contributed by atoms with Gasteiger partial charge in [-0.15, -0.1) is 0 Å². The van der Waals surface area contributed by atoms with Gasteiger partial charge in [-0.2, -0.15) is 9.78 Å². The fourth-order valence-corrected chi connectivity index (χ4v) is 2.97. The fraction of sp³-hybridized carbons (Fsp3) is 0.263. The third kappa shape index (κ3) is 4.32. The molecule has 3 aromatic rings. The molecule has 3 rings (SSSR count). The molecule has 0 bridgehead atoms. The Hall–Kier alpha value is -2.35. The number of nitrogens with one attached hydrogen (secondary N) is 1. The molecule has 2 aromatic heterocycles. The molecule has 0 aliphatic rings. The van der Waals surface area contributed by atoms with Crippen molar-refractivity contribution in [1.82, 2.24) is 14.8 Å². The largest absolute Gasteiger partial charge is 0.462 e. The van der Waals surface area contributed by atoms with Crippen molar-refractivity contribution >= 4 is 63.4 Å². The van der Waals surface area contributed by atoms with Gasteiger partial charge in [-0.05, 0) is 38.0 Å². The number of hydrogen-bond acceptors (Lipinski definition) is 5. The van der Waals surface area contributed by atoms with Crippen LogP contribution in [0.1, 0.15) is 28.4 Å². The third-order valence-corrected chi connectivity index (χ3v) is 4.72. The van der Waals surface area contributed by atoms with Gasteiger partial charge in [0.25, 0.3) is 9.70 Å². The second kappa shape index (κ2) is 8.18. The molecular weight excluding hydrogens is 439 g/mol. The van der Waals surface area contributed by atoms with Gasteiger partial charge in [0.1, 0.15) is 5.56 Å². The number of anilines is 1. The standard InChI is InChI=1S/C19H17Cl3N4O3/c1-4-29-17(27)13-9-23-26(16(13)25-18(28)19(20,21)22)14-8-11(3)12-7-5-6-10(2)15(12)24-14/h5-9H,4H2,1-3H3,(H,25,28). The highest BCUT2D eigenvalue weighted by Gasteiger charge is 2.33. The van der Waals surface area contributed by atoms with Crippen LogP contribution in [0.2, 0.25) is 0 Å². The first kappa shape index (κ1) is 21.4. The lowest BCUT2D eigenvalue weighted by atomic mass is 10.1. The first-order valence-corrected chi connectivity index (χ1v) is 9.77. The first-order chi connectivity index (χ1) is 13.6. The maximum absolute atomic E-state index is 12.3. The molecule has 0 spiro atoms. The lowest BCUT2D eigenvalue weighted by Crippen LogP contribution is -2.29. The Kier molecular flexibility index (Phi) is 6.03. The van der Waals surface area contributed by atoms with Gasteiger partial charge < -0.3 is 10.1 Å². The first-order valence-electron chi connectivity index (χ1n) is 8.64. The summed E-state index contributed by atoms with van der Waals surface area (Å²) in [5, 5.41) is 7.64. The molecule has 0 saturated carbocycles. The molecule has 0 aliphatic heterocycles. The van der Waals surface area contributed by atoms with Gasteiger partial charge in [0, 0.05) is 5.39 Å². The molecule has 0 atom stereocenters. The van der Waals surface area contributed by atoms with Crippen LogP contribution in [0.15, 0.2) is 30.5 Å². The number of aryl methyl sites for hydroxylation is 2. The molecule has 0 saturated heterocycles. The van der Waals surface area contributed by atoms with Crippen LogP contribution >= 0.6 is 34.8 Å². The lowest BCUT2D eigenvalue weighted by molar-refractivity contribution is -0.115. The summed E-state index contributed by atoms with van der Waals surface area (Å²) in [6, 6.07) is 7.64. The minimum atomic E-state index is -2.23. The molecular formula is C19H17Cl3N4O3. The Labute approximate surface area is 181 Å². The van der Waals surface area contributed by atoms with Gasteiger partial charge in [-0.1, -0.05) is 53.0 Å². The normalized spacial score (nSPS) is 11.5. The van der Waals surface area contributed by atoms with E-state index in [9.17, 15) is 9.59 Å². The number of pyridine rings is 1. The van der Waals surface area contributed by atoms with Crippen molar-refractivity contribution in [3.05, 3.63) is 47.2 Å². The number of amides is 1. The molecule has 29 heavy (non-hydrogen) atoms. The summed E-state index contributed by atoms with van der Waals surface area (Å²) >= 11 is 17.0. The summed E-state index contributed by atoms with van der Waals surface area (Å²) in [6.45, 7) is 5.69. The van der Waals surface area contributed by atoms with Crippen LogP contribution in [0.4, 0.5) is 5.82 Å². The van der Waals surface area contributed by atoms with Crippen LogP contribution < -0.4 is 5.32 Å². The van der Waals surface area contributed by atoms with Gasteiger partial charge in [0.15, 0.2) is 11.6 Å². The van der Waals surface area contributed by atoms with Crippen LogP contribution in [-0.4, -0.2) is 37.0 Å². The second-order valence-corrected chi connectivity index (χ2v) is 8.54. The van der Waals surface area contributed by atoms with E-state index in [-0.39, 0.29) is 18.0 Å². The van der Waals surface area contributed by atoms with E-state index in [0.717, 1.165) is 22.0 Å². The summed E-state index contributed by atoms with van der Waals surface area (Å²) in [6.07, 6.45) is 1.27. The Balaban J connectivity index is 2.19. The quantitative estimate of drug-likeness (QED) is 0.462. The van der Waals surface area contributed by atoms with Crippen molar-refractivity contribution in [2.75, 3.05) is 11.9 Å². The van der Waals surface area contributed by atoms with E-state index >= 15 is 0 Å². The number of esters is 1. The number of para-hydroxylation sites is 1. The Morgan fingerprint density at radius 1 is 1.21 bits per heavy atom. The number of fused-ring (bicyclic) bond motifs is 1. The Bertz CT molecular complexity index is 1110. The van der Waals surface area contributed by atoms with Gasteiger partial charge in [-0.3, -0.25) is 4.79 Å². The van der Waals surface area contributed by atoms with E-state index < -0.39 is 15.7 Å². The average Bonchev–Trinajstić information content (AvgIpc) is 3.05. The smallest absolute Gasteiger partial charge is 0.343 e. The maximum Gasteiger partial charge on any atom is 0.343 e. The highest BCUT2D eigenvalue weighted by Crippen LogP contribution is 2.30. The minimum Gasteiger partial charge on any atom is -0.462 e. The van der Waals surface area contributed by atoms with Crippen molar-refractivity contribution in [3.63, 3.8) is 0 Å². The highest BCUT2D eigenvalue weighted by molar-refractivity contribution is 6.76. The summed E-state index contributed by atoms with van der Waals surface area (Å²) < 4.78 is 4.11. The number of hydrogen-bond donors (Lipinski definition) is 1. The van der Waals surface area contributed by atoms with Gasteiger partial charge in [-0.25, -0.2) is 9.78 Å². The Morgan fingerprint density at radius 2 is 1.93 bits per heavy atom. The molecule has 1 aromatic carbocycles. The number of aromatic nitrogens is 3. The van der Waals surface area contributed by atoms with Crippen molar-refractivity contribution in [2.24, 2.45) is 0 Å². The molecule has 0 fully saturated rings.